The minimum absolute atomic E-state index is 0.167. The largest absolute Gasteiger partial charge is 0.497 e. The number of hydrogen-bond donors (Lipinski definition) is 1. The SMILES string of the molecule is C=Cc1cccc(NC(=O)c2cccc(OC)c2)c1. The van der Waals surface area contributed by atoms with Crippen LogP contribution in [0.3, 0.4) is 0 Å². The van der Waals surface area contributed by atoms with Crippen molar-refractivity contribution in [3.63, 3.8) is 0 Å². The highest BCUT2D eigenvalue weighted by atomic mass is 16.5. The first-order valence-electron chi connectivity index (χ1n) is 5.91. The topological polar surface area (TPSA) is 38.3 Å². The number of nitrogens with one attached hydrogen (secondary N) is 1. The number of anilines is 1. The normalized spacial score (nSPS) is 9.74. The van der Waals surface area contributed by atoms with Crippen molar-refractivity contribution in [3.8, 4) is 5.75 Å². The summed E-state index contributed by atoms with van der Waals surface area (Å²) in [6.45, 7) is 3.70. The van der Waals surface area contributed by atoms with Crippen LogP contribution >= 0.6 is 0 Å². The molecule has 96 valence electrons. The standard InChI is InChI=1S/C16H15NO2/c1-3-12-6-4-8-14(10-12)17-16(18)13-7-5-9-15(11-13)19-2/h3-11H,1H2,2H3,(H,17,18). The van der Waals surface area contributed by atoms with Gasteiger partial charge in [-0.15, -0.1) is 0 Å². The summed E-state index contributed by atoms with van der Waals surface area (Å²) in [5, 5.41) is 2.84. The molecule has 0 aliphatic heterocycles. The molecule has 0 radical (unpaired) electrons. The molecule has 0 fully saturated rings. The Morgan fingerprint density at radius 1 is 1.21 bits per heavy atom. The van der Waals surface area contributed by atoms with E-state index >= 15 is 0 Å². The Kier molecular flexibility index (Phi) is 3.98. The van der Waals surface area contributed by atoms with Crippen LogP contribution in [-0.2, 0) is 0 Å². The summed E-state index contributed by atoms with van der Waals surface area (Å²) in [6, 6.07) is 14.5. The number of carbonyl (C=O) groups excluding carboxylic acids is 1. The van der Waals surface area contributed by atoms with E-state index in [1.807, 2.05) is 24.3 Å². The number of ether oxygens (including phenoxy) is 1. The maximum Gasteiger partial charge on any atom is 0.255 e. The molecule has 0 bridgehead atoms. The molecular formula is C16H15NO2. The average Bonchev–Trinajstić information content (AvgIpc) is 2.47. The third-order valence-corrected chi connectivity index (χ3v) is 2.71. The van der Waals surface area contributed by atoms with Crippen LogP contribution in [0, 0.1) is 0 Å². The van der Waals surface area contributed by atoms with Gasteiger partial charge in [0.15, 0.2) is 0 Å². The number of hydrogen-bond acceptors (Lipinski definition) is 2. The molecule has 2 aromatic rings. The summed E-state index contributed by atoms with van der Waals surface area (Å²) >= 11 is 0. The number of benzene rings is 2. The summed E-state index contributed by atoms with van der Waals surface area (Å²) in [7, 11) is 1.57. The number of carbonyl (C=O) groups is 1. The van der Waals surface area contributed by atoms with E-state index in [9.17, 15) is 4.79 Å². The van der Waals surface area contributed by atoms with Crippen LogP contribution in [0.2, 0.25) is 0 Å². The second-order valence-electron chi connectivity index (χ2n) is 4.02. The highest BCUT2D eigenvalue weighted by molar-refractivity contribution is 6.04. The van der Waals surface area contributed by atoms with Gasteiger partial charge in [0, 0.05) is 11.3 Å². The molecule has 1 N–H and O–H groups in total. The van der Waals surface area contributed by atoms with Crippen molar-refractivity contribution in [1.29, 1.82) is 0 Å². The van der Waals surface area contributed by atoms with Gasteiger partial charge in [-0.2, -0.15) is 0 Å². The van der Waals surface area contributed by atoms with E-state index in [0.29, 0.717) is 11.3 Å². The van der Waals surface area contributed by atoms with Gasteiger partial charge in [-0.1, -0.05) is 30.9 Å². The second kappa shape index (κ2) is 5.87. The van der Waals surface area contributed by atoms with Gasteiger partial charge in [-0.25, -0.2) is 0 Å². The fourth-order valence-corrected chi connectivity index (χ4v) is 1.71. The maximum atomic E-state index is 12.1. The first-order valence-corrected chi connectivity index (χ1v) is 5.91. The van der Waals surface area contributed by atoms with Gasteiger partial charge in [0.25, 0.3) is 5.91 Å². The molecule has 2 rings (SSSR count). The highest BCUT2D eigenvalue weighted by Gasteiger charge is 2.07. The van der Waals surface area contributed by atoms with Crippen LogP contribution in [0.1, 0.15) is 15.9 Å². The lowest BCUT2D eigenvalue weighted by Crippen LogP contribution is -2.11. The fraction of sp³-hybridized carbons (Fsp3) is 0.0625. The Bertz CT molecular complexity index is 605. The molecule has 0 saturated heterocycles. The molecule has 0 aliphatic carbocycles. The predicted octanol–water partition coefficient (Wildman–Crippen LogP) is 3.59. The fourth-order valence-electron chi connectivity index (χ4n) is 1.71. The van der Waals surface area contributed by atoms with Gasteiger partial charge in [0.1, 0.15) is 5.75 Å². The molecule has 19 heavy (non-hydrogen) atoms. The van der Waals surface area contributed by atoms with Gasteiger partial charge in [0.05, 0.1) is 7.11 Å². The van der Waals surface area contributed by atoms with E-state index < -0.39 is 0 Å². The summed E-state index contributed by atoms with van der Waals surface area (Å²) in [6.07, 6.45) is 1.74. The van der Waals surface area contributed by atoms with Crippen molar-refractivity contribution in [3.05, 3.63) is 66.2 Å². The number of amides is 1. The molecule has 0 unspecified atom stereocenters. The lowest BCUT2D eigenvalue weighted by molar-refractivity contribution is 0.102. The highest BCUT2D eigenvalue weighted by Crippen LogP contribution is 2.16. The molecule has 0 atom stereocenters. The van der Waals surface area contributed by atoms with Gasteiger partial charge < -0.3 is 10.1 Å². The van der Waals surface area contributed by atoms with Gasteiger partial charge >= 0.3 is 0 Å². The third kappa shape index (κ3) is 3.22. The van der Waals surface area contributed by atoms with Crippen molar-refractivity contribution in [1.82, 2.24) is 0 Å². The maximum absolute atomic E-state index is 12.1. The smallest absolute Gasteiger partial charge is 0.255 e. The summed E-state index contributed by atoms with van der Waals surface area (Å²) in [4.78, 5) is 12.1. The van der Waals surface area contributed by atoms with Crippen molar-refractivity contribution in [2.75, 3.05) is 12.4 Å². The van der Waals surface area contributed by atoms with Crippen LogP contribution in [0.4, 0.5) is 5.69 Å². The van der Waals surface area contributed by atoms with E-state index in [4.69, 9.17) is 4.74 Å². The second-order valence-corrected chi connectivity index (χ2v) is 4.02. The lowest BCUT2D eigenvalue weighted by atomic mass is 10.1. The zero-order valence-electron chi connectivity index (χ0n) is 10.7. The van der Waals surface area contributed by atoms with Crippen LogP contribution in [0.5, 0.6) is 5.75 Å². The van der Waals surface area contributed by atoms with E-state index in [1.165, 1.54) is 0 Å². The van der Waals surface area contributed by atoms with Gasteiger partial charge in [0.2, 0.25) is 0 Å². The van der Waals surface area contributed by atoms with E-state index in [2.05, 4.69) is 11.9 Å². The van der Waals surface area contributed by atoms with Crippen molar-refractivity contribution >= 4 is 17.7 Å². The quantitative estimate of drug-likeness (QED) is 0.904. The predicted molar refractivity (Wildman–Crippen MR) is 77.5 cm³/mol. The molecule has 1 amide bonds. The Labute approximate surface area is 112 Å². The molecular weight excluding hydrogens is 238 g/mol. The molecule has 3 heteroatoms. The first kappa shape index (κ1) is 12.9. The van der Waals surface area contributed by atoms with Crippen LogP contribution in [0.15, 0.2) is 55.1 Å². The molecule has 0 aliphatic rings. The van der Waals surface area contributed by atoms with Crippen molar-refractivity contribution < 1.29 is 9.53 Å². The minimum Gasteiger partial charge on any atom is -0.497 e. The Hall–Kier alpha value is -2.55. The van der Waals surface area contributed by atoms with E-state index in [-0.39, 0.29) is 5.91 Å². The van der Waals surface area contributed by atoms with Crippen LogP contribution in [0.25, 0.3) is 6.08 Å². The van der Waals surface area contributed by atoms with E-state index in [1.54, 1.807) is 37.5 Å². The minimum atomic E-state index is -0.167. The first-order chi connectivity index (χ1) is 9.22. The third-order valence-electron chi connectivity index (χ3n) is 2.71. The summed E-state index contributed by atoms with van der Waals surface area (Å²) < 4.78 is 5.10. The number of methoxy groups -OCH3 is 1. The molecule has 2 aromatic carbocycles. The lowest BCUT2D eigenvalue weighted by Gasteiger charge is -2.07. The van der Waals surface area contributed by atoms with Crippen LogP contribution < -0.4 is 10.1 Å². The molecule has 3 nitrogen and oxygen atoms in total. The van der Waals surface area contributed by atoms with E-state index in [0.717, 1.165) is 11.3 Å². The average molecular weight is 253 g/mol. The Morgan fingerprint density at radius 3 is 2.74 bits per heavy atom. The summed E-state index contributed by atoms with van der Waals surface area (Å²) in [5.41, 5.74) is 2.26. The summed E-state index contributed by atoms with van der Waals surface area (Å²) in [5.74, 6) is 0.493. The molecule has 0 saturated carbocycles. The Morgan fingerprint density at radius 2 is 2.00 bits per heavy atom. The van der Waals surface area contributed by atoms with Crippen molar-refractivity contribution in [2.45, 2.75) is 0 Å². The molecule has 0 aromatic heterocycles. The van der Waals surface area contributed by atoms with Crippen molar-refractivity contribution in [2.24, 2.45) is 0 Å². The molecule has 0 spiro atoms. The zero-order chi connectivity index (χ0) is 13.7. The monoisotopic (exact) mass is 253 g/mol. The van der Waals surface area contributed by atoms with Gasteiger partial charge in [-0.05, 0) is 35.9 Å². The Balaban J connectivity index is 2.17. The van der Waals surface area contributed by atoms with Gasteiger partial charge in [-0.3, -0.25) is 4.79 Å². The molecule has 0 heterocycles. The van der Waals surface area contributed by atoms with Crippen LogP contribution in [-0.4, -0.2) is 13.0 Å². The zero-order valence-corrected chi connectivity index (χ0v) is 10.7. The number of rotatable bonds is 4.